The molecule has 0 aromatic carbocycles. The number of carbonyl (C=O) groups is 2. The minimum Gasteiger partial charge on any atom is -0.459 e. The number of amides is 1. The molecule has 0 aliphatic rings. The van der Waals surface area contributed by atoms with Gasteiger partial charge in [0.25, 0.3) is 0 Å². The molecule has 0 aliphatic carbocycles. The third kappa shape index (κ3) is 8.96. The lowest BCUT2D eigenvalue weighted by atomic mass is 10.1. The normalized spacial score (nSPS) is 16.6. The van der Waals surface area contributed by atoms with E-state index >= 15 is 0 Å². The lowest BCUT2D eigenvalue weighted by Gasteiger charge is -2.30. The maximum atomic E-state index is 12.2. The number of hydrogen-bond acceptors (Lipinski definition) is 6. The summed E-state index contributed by atoms with van der Waals surface area (Å²) in [6.45, 7) is 12.5. The summed E-state index contributed by atoms with van der Waals surface area (Å²) in [6.07, 6.45) is -0.962. The van der Waals surface area contributed by atoms with Crippen LogP contribution in [0.25, 0.3) is 0 Å². The third-order valence-electron chi connectivity index (χ3n) is 2.60. The zero-order valence-corrected chi connectivity index (χ0v) is 14.7. The fourth-order valence-electron chi connectivity index (χ4n) is 1.63. The van der Waals surface area contributed by atoms with Crippen molar-refractivity contribution in [3.8, 4) is 0 Å². The first-order valence-corrected chi connectivity index (χ1v) is 7.45. The summed E-state index contributed by atoms with van der Waals surface area (Å²) in [5.74, 6) is -0.965. The number of aliphatic hydroxyl groups excluding tert-OH is 1. The number of hydrogen-bond donors (Lipinski definition) is 4. The molecule has 0 radical (unpaired) electrons. The number of rotatable bonds is 6. The number of ether oxygens (including phenoxy) is 1. The van der Waals surface area contributed by atoms with Crippen LogP contribution in [0.4, 0.5) is 0 Å². The van der Waals surface area contributed by atoms with Crippen LogP contribution in [0.5, 0.6) is 0 Å². The van der Waals surface area contributed by atoms with E-state index < -0.39 is 35.7 Å². The molecule has 0 fully saturated rings. The van der Waals surface area contributed by atoms with Crippen molar-refractivity contribution < 1.29 is 19.4 Å². The van der Waals surface area contributed by atoms with Crippen LogP contribution in [-0.4, -0.2) is 52.9 Å². The molecule has 7 heteroatoms. The van der Waals surface area contributed by atoms with Crippen LogP contribution in [0.15, 0.2) is 0 Å². The minimum atomic E-state index is -1.03. The van der Waals surface area contributed by atoms with Crippen molar-refractivity contribution in [1.82, 2.24) is 10.6 Å². The van der Waals surface area contributed by atoms with Crippen LogP contribution in [0.1, 0.15) is 48.5 Å². The second kappa shape index (κ2) is 7.89. The second-order valence-electron chi connectivity index (χ2n) is 7.49. The van der Waals surface area contributed by atoms with Gasteiger partial charge in [-0.05, 0) is 48.5 Å². The van der Waals surface area contributed by atoms with E-state index in [2.05, 4.69) is 10.6 Å². The Bertz CT molecular complexity index is 383. The van der Waals surface area contributed by atoms with E-state index in [-0.39, 0.29) is 12.1 Å². The number of carbonyl (C=O) groups excluding carboxylic acids is 2. The molecular weight excluding hydrogens is 286 g/mol. The van der Waals surface area contributed by atoms with Crippen molar-refractivity contribution in [2.75, 3.05) is 6.54 Å². The van der Waals surface area contributed by atoms with E-state index in [1.165, 1.54) is 6.92 Å². The molecule has 0 bridgehead atoms. The first-order chi connectivity index (χ1) is 9.73. The molecule has 0 aromatic rings. The minimum absolute atomic E-state index is 0.0332. The second-order valence-corrected chi connectivity index (χ2v) is 7.49. The van der Waals surface area contributed by atoms with E-state index in [0.29, 0.717) is 0 Å². The summed E-state index contributed by atoms with van der Waals surface area (Å²) in [5.41, 5.74) is 4.60. The highest BCUT2D eigenvalue weighted by Crippen LogP contribution is 2.10. The highest BCUT2D eigenvalue weighted by atomic mass is 16.6. The Morgan fingerprint density at radius 1 is 1.18 bits per heavy atom. The first kappa shape index (κ1) is 20.8. The molecule has 0 saturated carbocycles. The maximum absolute atomic E-state index is 12.2. The van der Waals surface area contributed by atoms with Gasteiger partial charge in [0.2, 0.25) is 5.91 Å². The number of nitrogens with one attached hydrogen (secondary N) is 2. The molecule has 5 N–H and O–H groups in total. The van der Waals surface area contributed by atoms with E-state index in [1.807, 2.05) is 20.8 Å². The van der Waals surface area contributed by atoms with Crippen molar-refractivity contribution in [2.45, 2.75) is 77.8 Å². The summed E-state index contributed by atoms with van der Waals surface area (Å²) < 4.78 is 5.35. The lowest BCUT2D eigenvalue weighted by molar-refractivity contribution is -0.157. The molecule has 130 valence electrons. The molecule has 0 unspecified atom stereocenters. The summed E-state index contributed by atoms with van der Waals surface area (Å²) in [7, 11) is 0. The number of esters is 1. The molecule has 0 aliphatic heterocycles. The van der Waals surface area contributed by atoms with E-state index in [1.54, 1.807) is 20.8 Å². The molecule has 0 rings (SSSR count). The van der Waals surface area contributed by atoms with Crippen molar-refractivity contribution in [3.63, 3.8) is 0 Å². The zero-order chi connectivity index (χ0) is 17.7. The Morgan fingerprint density at radius 3 is 2.05 bits per heavy atom. The van der Waals surface area contributed by atoms with Crippen molar-refractivity contribution >= 4 is 11.9 Å². The fourth-order valence-corrected chi connectivity index (χ4v) is 1.63. The summed E-state index contributed by atoms with van der Waals surface area (Å²) >= 11 is 0. The van der Waals surface area contributed by atoms with Crippen LogP contribution in [-0.2, 0) is 14.3 Å². The van der Waals surface area contributed by atoms with Gasteiger partial charge in [0, 0.05) is 12.1 Å². The van der Waals surface area contributed by atoms with E-state index in [0.717, 1.165) is 0 Å². The fraction of sp³-hybridized carbons (Fsp3) is 0.867. The molecule has 0 heterocycles. The van der Waals surface area contributed by atoms with Crippen LogP contribution < -0.4 is 16.4 Å². The monoisotopic (exact) mass is 317 g/mol. The molecular formula is C15H31N3O4. The third-order valence-corrected chi connectivity index (χ3v) is 2.60. The van der Waals surface area contributed by atoms with Crippen LogP contribution >= 0.6 is 0 Å². The Balaban J connectivity index is 4.81. The summed E-state index contributed by atoms with van der Waals surface area (Å²) in [4.78, 5) is 24.0. The molecule has 7 nitrogen and oxygen atoms in total. The zero-order valence-electron chi connectivity index (χ0n) is 14.7. The van der Waals surface area contributed by atoms with Gasteiger partial charge in [0.15, 0.2) is 0 Å². The van der Waals surface area contributed by atoms with Crippen LogP contribution in [0.2, 0.25) is 0 Å². The summed E-state index contributed by atoms with van der Waals surface area (Å²) in [6, 6.07) is -1.74. The molecule has 0 saturated heterocycles. The van der Waals surface area contributed by atoms with Gasteiger partial charge in [-0.2, -0.15) is 0 Å². The highest BCUT2D eigenvalue weighted by Gasteiger charge is 2.29. The Morgan fingerprint density at radius 2 is 1.68 bits per heavy atom. The standard InChI is InChI=1S/C15H31N3O4/c1-9(19)11(16)12(20)17-8-10(18-14(2,3)4)13(21)22-15(5,6)7/h9-11,18-19H,8,16H2,1-7H3,(H,17,20)/t9-,10+,11+/m1/s1. The molecule has 0 aromatic heterocycles. The van der Waals surface area contributed by atoms with Gasteiger partial charge >= 0.3 is 5.97 Å². The van der Waals surface area contributed by atoms with Crippen molar-refractivity contribution in [3.05, 3.63) is 0 Å². The Kier molecular flexibility index (Phi) is 7.47. The van der Waals surface area contributed by atoms with Gasteiger partial charge in [-0.1, -0.05) is 0 Å². The molecule has 22 heavy (non-hydrogen) atoms. The van der Waals surface area contributed by atoms with Gasteiger partial charge in [0.1, 0.15) is 17.7 Å². The van der Waals surface area contributed by atoms with Gasteiger partial charge in [-0.3, -0.25) is 14.9 Å². The molecule has 3 atom stereocenters. The highest BCUT2D eigenvalue weighted by molar-refractivity contribution is 5.83. The Hall–Kier alpha value is -1.18. The SMILES string of the molecule is C[C@@H](O)[C@H](N)C(=O)NC[C@H](NC(C)(C)C)C(=O)OC(C)(C)C. The largest absolute Gasteiger partial charge is 0.459 e. The van der Waals surface area contributed by atoms with Gasteiger partial charge in [-0.25, -0.2) is 0 Å². The average molecular weight is 317 g/mol. The van der Waals surface area contributed by atoms with Crippen molar-refractivity contribution in [1.29, 1.82) is 0 Å². The Labute approximate surface area is 133 Å². The summed E-state index contributed by atoms with van der Waals surface area (Å²) in [5, 5.41) is 15.0. The predicted octanol–water partition coefficient (Wildman–Crippen LogP) is -0.0909. The number of aliphatic hydroxyl groups is 1. The smallest absolute Gasteiger partial charge is 0.325 e. The van der Waals surface area contributed by atoms with Gasteiger partial charge < -0.3 is 20.9 Å². The van der Waals surface area contributed by atoms with Gasteiger partial charge in [-0.15, -0.1) is 0 Å². The van der Waals surface area contributed by atoms with Crippen LogP contribution in [0, 0.1) is 0 Å². The predicted molar refractivity (Wildman–Crippen MR) is 85.2 cm³/mol. The molecule has 1 amide bonds. The lowest BCUT2D eigenvalue weighted by Crippen LogP contribution is -2.56. The van der Waals surface area contributed by atoms with Crippen molar-refractivity contribution in [2.24, 2.45) is 5.73 Å². The maximum Gasteiger partial charge on any atom is 0.325 e. The van der Waals surface area contributed by atoms with E-state index in [9.17, 15) is 14.7 Å². The average Bonchev–Trinajstić information content (AvgIpc) is 2.29. The van der Waals surface area contributed by atoms with E-state index in [4.69, 9.17) is 10.5 Å². The molecule has 0 spiro atoms. The first-order valence-electron chi connectivity index (χ1n) is 7.45. The van der Waals surface area contributed by atoms with Crippen LogP contribution in [0.3, 0.4) is 0 Å². The van der Waals surface area contributed by atoms with Gasteiger partial charge in [0.05, 0.1) is 6.10 Å². The topological polar surface area (TPSA) is 114 Å². The number of nitrogens with two attached hydrogens (primary N) is 1. The quantitative estimate of drug-likeness (QED) is 0.509.